The van der Waals surface area contributed by atoms with Crippen molar-refractivity contribution >= 4 is 11.6 Å². The van der Waals surface area contributed by atoms with Gasteiger partial charge in [-0.1, -0.05) is 13.0 Å². The van der Waals surface area contributed by atoms with Crippen molar-refractivity contribution in [1.82, 2.24) is 10.6 Å². The van der Waals surface area contributed by atoms with Crippen LogP contribution in [-0.2, 0) is 16.1 Å². The fraction of sp³-hybridized carbons (Fsp3) is 0.533. The molecule has 116 valence electrons. The molecule has 2 N–H and O–H groups in total. The van der Waals surface area contributed by atoms with Gasteiger partial charge in [0.1, 0.15) is 11.9 Å². The maximum Gasteiger partial charge on any atom is 0.244 e. The molecule has 2 rings (SSSR count). The monoisotopic (exact) mass is 295 g/mol. The summed E-state index contributed by atoms with van der Waals surface area (Å²) in [7, 11) is 1.60. The van der Waals surface area contributed by atoms with Crippen LogP contribution in [0.25, 0.3) is 0 Å². The lowest BCUT2D eigenvalue weighted by molar-refractivity contribution is -0.124. The number of carbonyl (C=O) groups is 1. The van der Waals surface area contributed by atoms with Crippen molar-refractivity contribution in [3.05, 3.63) is 29.6 Å². The molecule has 1 atom stereocenters. The van der Waals surface area contributed by atoms with Gasteiger partial charge in [0, 0.05) is 31.4 Å². The van der Waals surface area contributed by atoms with Crippen molar-refractivity contribution in [3.63, 3.8) is 0 Å². The van der Waals surface area contributed by atoms with E-state index in [1.54, 1.807) is 13.1 Å². The fourth-order valence-electron chi connectivity index (χ4n) is 2.52. The maximum atomic E-state index is 14.1. The number of likely N-dealkylation sites (N-methyl/N-ethyl adjacent to an activating group) is 1. The van der Waals surface area contributed by atoms with E-state index in [4.69, 9.17) is 4.74 Å². The smallest absolute Gasteiger partial charge is 0.244 e. The van der Waals surface area contributed by atoms with Gasteiger partial charge in [0.15, 0.2) is 0 Å². The number of halogens is 1. The Kier molecular flexibility index (Phi) is 5.52. The fourth-order valence-corrected chi connectivity index (χ4v) is 2.52. The Labute approximate surface area is 124 Å². The van der Waals surface area contributed by atoms with Crippen molar-refractivity contribution in [3.8, 4) is 0 Å². The predicted molar refractivity (Wildman–Crippen MR) is 79.8 cm³/mol. The van der Waals surface area contributed by atoms with E-state index >= 15 is 0 Å². The third-order valence-electron chi connectivity index (χ3n) is 3.63. The van der Waals surface area contributed by atoms with E-state index in [1.807, 2.05) is 17.9 Å². The minimum absolute atomic E-state index is 0.117. The van der Waals surface area contributed by atoms with Crippen LogP contribution < -0.4 is 15.5 Å². The average Bonchev–Trinajstić information content (AvgIpc) is 2.53. The third kappa shape index (κ3) is 3.51. The summed E-state index contributed by atoms with van der Waals surface area (Å²) in [5, 5.41) is 5.79. The Balaban J connectivity index is 2.33. The first-order valence-electron chi connectivity index (χ1n) is 7.23. The molecule has 1 amide bonds. The highest BCUT2D eigenvalue weighted by Crippen LogP contribution is 2.26. The highest BCUT2D eigenvalue weighted by atomic mass is 19.1. The van der Waals surface area contributed by atoms with Crippen LogP contribution in [0.4, 0.5) is 10.1 Å². The molecule has 0 radical (unpaired) electrons. The summed E-state index contributed by atoms with van der Waals surface area (Å²) in [6.45, 7) is 4.59. The molecule has 1 saturated heterocycles. The summed E-state index contributed by atoms with van der Waals surface area (Å²) in [6, 6.07) is 4.56. The summed E-state index contributed by atoms with van der Waals surface area (Å²) >= 11 is 0. The van der Waals surface area contributed by atoms with Crippen LogP contribution >= 0.6 is 0 Å². The van der Waals surface area contributed by atoms with E-state index in [9.17, 15) is 9.18 Å². The van der Waals surface area contributed by atoms with Crippen molar-refractivity contribution in [1.29, 1.82) is 0 Å². The number of benzene rings is 1. The number of carbonyl (C=O) groups excluding carboxylic acids is 1. The molecule has 1 aromatic carbocycles. The molecule has 1 aliphatic rings. The van der Waals surface area contributed by atoms with E-state index < -0.39 is 6.04 Å². The maximum absolute atomic E-state index is 14.1. The van der Waals surface area contributed by atoms with Crippen LogP contribution in [-0.4, -0.2) is 45.3 Å². The number of ether oxygens (including phenoxy) is 1. The molecule has 1 heterocycles. The van der Waals surface area contributed by atoms with Crippen LogP contribution in [0.3, 0.4) is 0 Å². The molecule has 0 spiro atoms. The van der Waals surface area contributed by atoms with Crippen molar-refractivity contribution in [2.24, 2.45) is 0 Å². The van der Waals surface area contributed by atoms with Crippen LogP contribution in [0.5, 0.6) is 0 Å². The van der Waals surface area contributed by atoms with Gasteiger partial charge in [-0.25, -0.2) is 4.39 Å². The first-order chi connectivity index (χ1) is 10.2. The molecule has 0 aromatic heterocycles. The van der Waals surface area contributed by atoms with Crippen molar-refractivity contribution < 1.29 is 13.9 Å². The Bertz CT molecular complexity index is 496. The molecule has 21 heavy (non-hydrogen) atoms. The zero-order valence-electron chi connectivity index (χ0n) is 12.5. The second-order valence-corrected chi connectivity index (χ2v) is 4.92. The molecule has 5 nitrogen and oxygen atoms in total. The number of nitrogens with zero attached hydrogens (tertiary/aromatic N) is 1. The normalized spacial score (nSPS) is 18.6. The molecule has 0 aliphatic carbocycles. The summed E-state index contributed by atoms with van der Waals surface area (Å²) in [5.41, 5.74) is 1.35. The highest BCUT2D eigenvalue weighted by Gasteiger charge is 2.30. The lowest BCUT2D eigenvalue weighted by atomic mass is 10.1. The number of anilines is 1. The largest absolute Gasteiger partial charge is 0.377 e. The highest BCUT2D eigenvalue weighted by molar-refractivity contribution is 5.85. The Morgan fingerprint density at radius 1 is 1.52 bits per heavy atom. The molecule has 0 saturated carbocycles. The van der Waals surface area contributed by atoms with Gasteiger partial charge in [-0.05, 0) is 18.7 Å². The average molecular weight is 295 g/mol. The minimum Gasteiger partial charge on any atom is -0.377 e. The van der Waals surface area contributed by atoms with E-state index in [2.05, 4.69) is 10.6 Å². The quantitative estimate of drug-likeness (QED) is 0.847. The Hall–Kier alpha value is -1.66. The summed E-state index contributed by atoms with van der Waals surface area (Å²) in [4.78, 5) is 13.9. The number of hydrogen-bond acceptors (Lipinski definition) is 4. The summed E-state index contributed by atoms with van der Waals surface area (Å²) < 4.78 is 19.5. The molecular formula is C15H22FN3O2. The van der Waals surface area contributed by atoms with Gasteiger partial charge in [-0.3, -0.25) is 4.79 Å². The van der Waals surface area contributed by atoms with Crippen LogP contribution in [0.1, 0.15) is 12.5 Å². The second-order valence-electron chi connectivity index (χ2n) is 4.92. The first kappa shape index (κ1) is 15.7. The standard InChI is InChI=1S/C15H22FN3O2/c1-3-18-9-11-12(16)5-4-6-13(11)19-7-8-21-10-14(19)15(20)17-2/h4-6,14,18H,3,7-10H2,1-2H3,(H,17,20). The van der Waals surface area contributed by atoms with Crippen molar-refractivity contribution in [2.75, 3.05) is 38.3 Å². The van der Waals surface area contributed by atoms with Crippen LogP contribution in [0.15, 0.2) is 18.2 Å². The summed E-state index contributed by atoms with van der Waals surface area (Å²) in [5.74, 6) is -0.371. The number of rotatable bonds is 5. The van der Waals surface area contributed by atoms with E-state index in [0.29, 0.717) is 31.9 Å². The predicted octanol–water partition coefficient (Wildman–Crippen LogP) is 0.886. The van der Waals surface area contributed by atoms with E-state index in [0.717, 1.165) is 12.2 Å². The first-order valence-corrected chi connectivity index (χ1v) is 7.23. The zero-order chi connectivity index (χ0) is 15.2. The van der Waals surface area contributed by atoms with E-state index in [-0.39, 0.29) is 11.7 Å². The minimum atomic E-state index is -0.425. The molecule has 1 aliphatic heterocycles. The number of morpholine rings is 1. The molecule has 1 unspecified atom stereocenters. The van der Waals surface area contributed by atoms with Gasteiger partial charge in [-0.2, -0.15) is 0 Å². The van der Waals surface area contributed by atoms with Crippen molar-refractivity contribution in [2.45, 2.75) is 19.5 Å². The number of nitrogens with one attached hydrogen (secondary N) is 2. The van der Waals surface area contributed by atoms with Crippen LogP contribution in [0.2, 0.25) is 0 Å². The van der Waals surface area contributed by atoms with Gasteiger partial charge < -0.3 is 20.3 Å². The van der Waals surface area contributed by atoms with Gasteiger partial charge >= 0.3 is 0 Å². The summed E-state index contributed by atoms with van der Waals surface area (Å²) in [6.07, 6.45) is 0. The molecular weight excluding hydrogens is 273 g/mol. The SMILES string of the molecule is CCNCc1c(F)cccc1N1CCOCC1C(=O)NC. The van der Waals surface area contributed by atoms with Gasteiger partial charge in [0.2, 0.25) is 5.91 Å². The molecule has 0 bridgehead atoms. The molecule has 6 heteroatoms. The lowest BCUT2D eigenvalue weighted by Crippen LogP contribution is -2.53. The van der Waals surface area contributed by atoms with Gasteiger partial charge in [0.25, 0.3) is 0 Å². The number of hydrogen-bond donors (Lipinski definition) is 2. The topological polar surface area (TPSA) is 53.6 Å². The second kappa shape index (κ2) is 7.38. The number of amides is 1. The lowest BCUT2D eigenvalue weighted by Gasteiger charge is -2.37. The van der Waals surface area contributed by atoms with E-state index in [1.165, 1.54) is 6.07 Å². The van der Waals surface area contributed by atoms with Crippen LogP contribution in [0, 0.1) is 5.82 Å². The van der Waals surface area contributed by atoms with Gasteiger partial charge in [0.05, 0.1) is 13.2 Å². The molecule has 1 fully saturated rings. The van der Waals surface area contributed by atoms with Gasteiger partial charge in [-0.15, -0.1) is 0 Å². The Morgan fingerprint density at radius 2 is 2.33 bits per heavy atom. The molecule has 1 aromatic rings. The Morgan fingerprint density at radius 3 is 3.05 bits per heavy atom. The zero-order valence-corrected chi connectivity index (χ0v) is 12.5. The third-order valence-corrected chi connectivity index (χ3v) is 3.63.